The van der Waals surface area contributed by atoms with Gasteiger partial charge in [-0.3, -0.25) is 4.99 Å². The van der Waals surface area contributed by atoms with Crippen molar-refractivity contribution in [3.05, 3.63) is 65.2 Å². The van der Waals surface area contributed by atoms with Crippen molar-refractivity contribution in [2.45, 2.75) is 0 Å². The van der Waals surface area contributed by atoms with Gasteiger partial charge in [0, 0.05) is 35.9 Å². The summed E-state index contributed by atoms with van der Waals surface area (Å²) in [5.74, 6) is 0.405. The molecular weight excluding hydrogens is 406 g/mol. The number of carbonyl (C=O) groups excluding carboxylic acids is 1. The molecule has 0 saturated carbocycles. The molecule has 0 radical (unpaired) electrons. The number of carbonyl (C=O) groups is 1. The predicted octanol–water partition coefficient (Wildman–Crippen LogP) is 3.88. The second kappa shape index (κ2) is 8.00. The molecule has 0 fully saturated rings. The number of benzene rings is 2. The molecule has 0 atom stereocenters. The SMILES string of the molecule is CN1CCN=C1c1ccc(-n2c(O)cc(NC(=O)Nc3ccc(Cl)cc3)c2O)cc1. The molecule has 1 aromatic heterocycles. The summed E-state index contributed by atoms with van der Waals surface area (Å²) in [4.78, 5) is 18.8. The number of amidine groups is 1. The van der Waals surface area contributed by atoms with Crippen LogP contribution in [-0.2, 0) is 0 Å². The number of aromatic nitrogens is 1. The number of anilines is 2. The van der Waals surface area contributed by atoms with Crippen molar-refractivity contribution in [1.29, 1.82) is 0 Å². The third-order valence-electron chi connectivity index (χ3n) is 4.75. The van der Waals surface area contributed by atoms with Gasteiger partial charge >= 0.3 is 6.03 Å². The lowest BCUT2D eigenvalue weighted by molar-refractivity contribution is 0.262. The number of likely N-dealkylation sites (N-methyl/N-ethyl adjacent to an activating group) is 1. The molecule has 0 saturated heterocycles. The van der Waals surface area contributed by atoms with Gasteiger partial charge in [0.2, 0.25) is 11.8 Å². The molecule has 4 N–H and O–H groups in total. The van der Waals surface area contributed by atoms with E-state index < -0.39 is 6.03 Å². The standard InChI is InChI=1S/C21H20ClN5O3/c1-26-11-10-23-19(26)13-2-8-16(9-3-13)27-18(28)12-17(20(27)29)25-21(30)24-15-6-4-14(22)5-7-15/h2-9,12,28-29H,10-11H2,1H3,(H2,24,25,30). The molecule has 0 unspecified atom stereocenters. The van der Waals surface area contributed by atoms with Crippen LogP contribution >= 0.6 is 11.6 Å². The van der Waals surface area contributed by atoms with Crippen LogP contribution in [0.1, 0.15) is 5.56 Å². The van der Waals surface area contributed by atoms with Crippen molar-refractivity contribution < 1.29 is 15.0 Å². The Hall–Kier alpha value is -3.65. The number of rotatable bonds is 4. The van der Waals surface area contributed by atoms with Crippen LogP contribution in [0, 0.1) is 0 Å². The van der Waals surface area contributed by atoms with E-state index >= 15 is 0 Å². The third kappa shape index (κ3) is 3.90. The van der Waals surface area contributed by atoms with E-state index in [0.29, 0.717) is 16.4 Å². The summed E-state index contributed by atoms with van der Waals surface area (Å²) in [5, 5.41) is 26.6. The van der Waals surface area contributed by atoms with Crippen LogP contribution in [0.25, 0.3) is 5.69 Å². The highest BCUT2D eigenvalue weighted by atomic mass is 35.5. The lowest BCUT2D eigenvalue weighted by Crippen LogP contribution is -2.23. The molecular formula is C21H20ClN5O3. The minimum absolute atomic E-state index is 0.0722. The maximum absolute atomic E-state index is 12.2. The summed E-state index contributed by atoms with van der Waals surface area (Å²) < 4.78 is 1.24. The van der Waals surface area contributed by atoms with Gasteiger partial charge in [0.1, 0.15) is 11.5 Å². The van der Waals surface area contributed by atoms with Crippen LogP contribution in [-0.4, -0.2) is 51.7 Å². The zero-order valence-corrected chi connectivity index (χ0v) is 16.9. The highest BCUT2D eigenvalue weighted by molar-refractivity contribution is 6.30. The fourth-order valence-electron chi connectivity index (χ4n) is 3.26. The average Bonchev–Trinajstić information content (AvgIpc) is 3.26. The molecule has 2 aromatic carbocycles. The predicted molar refractivity (Wildman–Crippen MR) is 117 cm³/mol. The van der Waals surface area contributed by atoms with E-state index in [-0.39, 0.29) is 17.4 Å². The van der Waals surface area contributed by atoms with Crippen LogP contribution in [0.5, 0.6) is 11.8 Å². The van der Waals surface area contributed by atoms with Crippen LogP contribution in [0.2, 0.25) is 5.02 Å². The number of hydrogen-bond acceptors (Lipinski definition) is 5. The number of nitrogens with zero attached hydrogens (tertiary/aromatic N) is 3. The Morgan fingerprint density at radius 3 is 2.40 bits per heavy atom. The summed E-state index contributed by atoms with van der Waals surface area (Å²) in [6.07, 6.45) is 0. The molecule has 30 heavy (non-hydrogen) atoms. The van der Waals surface area contributed by atoms with Crippen LogP contribution in [0.15, 0.2) is 59.6 Å². The summed E-state index contributed by atoms with van der Waals surface area (Å²) >= 11 is 5.83. The normalized spacial score (nSPS) is 13.3. The van der Waals surface area contributed by atoms with Gasteiger partial charge in [0.05, 0.1) is 12.2 Å². The molecule has 8 nitrogen and oxygen atoms in total. The average molecular weight is 426 g/mol. The number of halogens is 1. The highest BCUT2D eigenvalue weighted by Gasteiger charge is 2.19. The highest BCUT2D eigenvalue weighted by Crippen LogP contribution is 2.35. The van der Waals surface area contributed by atoms with E-state index in [4.69, 9.17) is 11.6 Å². The maximum atomic E-state index is 12.2. The van der Waals surface area contributed by atoms with Gasteiger partial charge in [-0.2, -0.15) is 0 Å². The number of aromatic hydroxyl groups is 2. The van der Waals surface area contributed by atoms with Crippen molar-refractivity contribution in [3.8, 4) is 17.4 Å². The Labute approximate surface area is 178 Å². The second-order valence-corrected chi connectivity index (χ2v) is 7.27. The molecule has 154 valence electrons. The largest absolute Gasteiger partial charge is 0.494 e. The summed E-state index contributed by atoms with van der Waals surface area (Å²) in [6.45, 7) is 1.64. The molecule has 4 rings (SSSR count). The summed E-state index contributed by atoms with van der Waals surface area (Å²) in [7, 11) is 1.98. The van der Waals surface area contributed by atoms with E-state index in [2.05, 4.69) is 20.5 Å². The van der Waals surface area contributed by atoms with E-state index in [1.54, 1.807) is 36.4 Å². The number of aliphatic imine (C=N–C) groups is 1. The number of hydrogen-bond donors (Lipinski definition) is 4. The first-order valence-electron chi connectivity index (χ1n) is 9.26. The Kier molecular flexibility index (Phi) is 5.24. The smallest absolute Gasteiger partial charge is 0.323 e. The van der Waals surface area contributed by atoms with E-state index in [1.165, 1.54) is 10.6 Å². The lowest BCUT2D eigenvalue weighted by Gasteiger charge is -2.14. The minimum atomic E-state index is -0.567. The number of amides is 2. The molecule has 0 spiro atoms. The monoisotopic (exact) mass is 425 g/mol. The molecule has 2 amide bonds. The fourth-order valence-corrected chi connectivity index (χ4v) is 3.38. The topological polar surface area (TPSA) is 102 Å². The van der Waals surface area contributed by atoms with Crippen molar-refractivity contribution >= 4 is 34.8 Å². The molecule has 0 bridgehead atoms. The van der Waals surface area contributed by atoms with Gasteiger partial charge in [-0.25, -0.2) is 9.36 Å². The zero-order valence-electron chi connectivity index (χ0n) is 16.1. The second-order valence-electron chi connectivity index (χ2n) is 6.84. The third-order valence-corrected chi connectivity index (χ3v) is 5.00. The first-order chi connectivity index (χ1) is 14.4. The van der Waals surface area contributed by atoms with Crippen LogP contribution in [0.3, 0.4) is 0 Å². The molecule has 1 aliphatic rings. The Morgan fingerprint density at radius 1 is 1.07 bits per heavy atom. The Bertz CT molecular complexity index is 1110. The minimum Gasteiger partial charge on any atom is -0.494 e. The molecule has 2 heterocycles. The molecule has 1 aliphatic heterocycles. The lowest BCUT2D eigenvalue weighted by atomic mass is 10.2. The van der Waals surface area contributed by atoms with Gasteiger partial charge in [-0.05, 0) is 48.5 Å². The summed E-state index contributed by atoms with van der Waals surface area (Å²) in [5.41, 5.74) is 2.10. The molecule has 9 heteroatoms. The number of nitrogens with one attached hydrogen (secondary N) is 2. The van der Waals surface area contributed by atoms with Crippen LogP contribution in [0.4, 0.5) is 16.2 Å². The molecule has 0 aliphatic carbocycles. The molecule has 3 aromatic rings. The number of urea groups is 1. The van der Waals surface area contributed by atoms with Crippen molar-refractivity contribution in [1.82, 2.24) is 9.47 Å². The van der Waals surface area contributed by atoms with Crippen LogP contribution < -0.4 is 10.6 Å². The first-order valence-corrected chi connectivity index (χ1v) is 9.64. The van der Waals surface area contributed by atoms with Crippen molar-refractivity contribution in [3.63, 3.8) is 0 Å². The van der Waals surface area contributed by atoms with Gasteiger partial charge in [-0.15, -0.1) is 0 Å². The van der Waals surface area contributed by atoms with Crippen molar-refractivity contribution in [2.24, 2.45) is 4.99 Å². The van der Waals surface area contributed by atoms with Gasteiger partial charge in [0.25, 0.3) is 0 Å². The van der Waals surface area contributed by atoms with Crippen molar-refractivity contribution in [2.75, 3.05) is 30.8 Å². The van der Waals surface area contributed by atoms with Gasteiger partial charge in [0.15, 0.2) is 0 Å². The maximum Gasteiger partial charge on any atom is 0.323 e. The first kappa shape index (κ1) is 19.7. The van der Waals surface area contributed by atoms with Gasteiger partial charge in [-0.1, -0.05) is 11.6 Å². The van der Waals surface area contributed by atoms with E-state index in [1.807, 2.05) is 19.2 Å². The zero-order chi connectivity index (χ0) is 21.3. The van der Waals surface area contributed by atoms with Gasteiger partial charge < -0.3 is 25.7 Å². The van der Waals surface area contributed by atoms with E-state index in [0.717, 1.165) is 24.5 Å². The Morgan fingerprint density at radius 2 is 1.77 bits per heavy atom. The fraction of sp³-hybridized carbons (Fsp3) is 0.143. The summed E-state index contributed by atoms with van der Waals surface area (Å²) in [6, 6.07) is 14.6. The van der Waals surface area contributed by atoms with E-state index in [9.17, 15) is 15.0 Å². The quantitative estimate of drug-likeness (QED) is 0.509. The Balaban J connectivity index is 1.52.